The molecule has 0 aliphatic carbocycles. The first-order chi connectivity index (χ1) is 9.64. The van der Waals surface area contributed by atoms with E-state index < -0.39 is 10.0 Å². The van der Waals surface area contributed by atoms with Crippen LogP contribution in [0.25, 0.3) is 0 Å². The first-order valence-electron chi connectivity index (χ1n) is 7.10. The van der Waals surface area contributed by atoms with Crippen molar-refractivity contribution in [2.24, 2.45) is 11.1 Å². The van der Waals surface area contributed by atoms with Crippen LogP contribution in [-0.2, 0) is 10.0 Å². The average Bonchev–Trinajstić information content (AvgIpc) is 2.37. The fraction of sp³-hybridized carbons (Fsp3) is 0.600. The van der Waals surface area contributed by atoms with E-state index >= 15 is 0 Å². The highest BCUT2D eigenvalue weighted by molar-refractivity contribution is 7.89. The Morgan fingerprint density at radius 1 is 1.33 bits per heavy atom. The molecule has 1 aromatic carbocycles. The van der Waals surface area contributed by atoms with Crippen LogP contribution in [0.2, 0.25) is 5.02 Å². The minimum atomic E-state index is -3.61. The van der Waals surface area contributed by atoms with Gasteiger partial charge in [0.25, 0.3) is 0 Å². The molecule has 0 aliphatic rings. The summed E-state index contributed by atoms with van der Waals surface area (Å²) in [5.41, 5.74) is 6.39. The van der Waals surface area contributed by atoms with Crippen molar-refractivity contribution < 1.29 is 8.42 Å². The van der Waals surface area contributed by atoms with E-state index in [0.29, 0.717) is 19.6 Å². The van der Waals surface area contributed by atoms with E-state index in [9.17, 15) is 8.42 Å². The third-order valence-corrected chi connectivity index (χ3v) is 5.66. The number of sulfonamides is 1. The predicted molar refractivity (Wildman–Crippen MR) is 88.1 cm³/mol. The molecule has 6 heteroatoms. The number of nitrogens with zero attached hydrogens (tertiary/aromatic N) is 1. The maximum atomic E-state index is 12.8. The van der Waals surface area contributed by atoms with Crippen LogP contribution >= 0.6 is 11.6 Å². The summed E-state index contributed by atoms with van der Waals surface area (Å²) < 4.78 is 27.2. The summed E-state index contributed by atoms with van der Waals surface area (Å²) in [7, 11) is -3.61. The summed E-state index contributed by atoms with van der Waals surface area (Å²) in [6.45, 7) is 9.01. The molecular formula is C15H25ClN2O2S. The second-order valence-corrected chi connectivity index (χ2v) is 8.45. The first kappa shape index (κ1) is 18.4. The maximum absolute atomic E-state index is 12.8. The molecule has 1 rings (SSSR count). The highest BCUT2D eigenvalue weighted by atomic mass is 35.5. The van der Waals surface area contributed by atoms with Crippen molar-refractivity contribution in [2.45, 2.75) is 39.0 Å². The highest BCUT2D eigenvalue weighted by Gasteiger charge is 2.30. The topological polar surface area (TPSA) is 63.4 Å². The molecular weight excluding hydrogens is 308 g/mol. The number of rotatable bonds is 7. The second kappa shape index (κ2) is 7.09. The van der Waals surface area contributed by atoms with E-state index in [0.717, 1.165) is 12.0 Å². The number of aryl methyl sites for hydroxylation is 1. The van der Waals surface area contributed by atoms with Gasteiger partial charge in [-0.3, -0.25) is 0 Å². The van der Waals surface area contributed by atoms with Crippen LogP contribution in [0, 0.1) is 12.3 Å². The highest BCUT2D eigenvalue weighted by Crippen LogP contribution is 2.28. The predicted octanol–water partition coefficient (Wildman–Crippen LogP) is 3.03. The van der Waals surface area contributed by atoms with Crippen LogP contribution in [0.1, 0.15) is 32.8 Å². The minimum absolute atomic E-state index is 0.163. The van der Waals surface area contributed by atoms with Crippen molar-refractivity contribution in [3.63, 3.8) is 0 Å². The number of halogens is 1. The number of benzene rings is 1. The molecule has 0 radical (unpaired) electrons. The van der Waals surface area contributed by atoms with Gasteiger partial charge in [-0.15, -0.1) is 0 Å². The van der Waals surface area contributed by atoms with Crippen molar-refractivity contribution in [1.82, 2.24) is 4.31 Å². The van der Waals surface area contributed by atoms with Gasteiger partial charge >= 0.3 is 0 Å². The maximum Gasteiger partial charge on any atom is 0.244 e. The molecule has 0 spiro atoms. The molecule has 0 bridgehead atoms. The second-order valence-electron chi connectivity index (χ2n) is 6.14. The van der Waals surface area contributed by atoms with Crippen LogP contribution in [0.3, 0.4) is 0 Å². The van der Waals surface area contributed by atoms with Crippen LogP contribution in [-0.4, -0.2) is 32.4 Å². The first-order valence-corrected chi connectivity index (χ1v) is 8.92. The lowest BCUT2D eigenvalue weighted by atomic mass is 9.94. The molecule has 120 valence electrons. The van der Waals surface area contributed by atoms with E-state index in [1.165, 1.54) is 4.31 Å². The van der Waals surface area contributed by atoms with E-state index in [1.54, 1.807) is 18.2 Å². The van der Waals surface area contributed by atoms with Crippen LogP contribution in [0.4, 0.5) is 0 Å². The Morgan fingerprint density at radius 3 is 2.43 bits per heavy atom. The molecule has 0 saturated carbocycles. The average molecular weight is 333 g/mol. The lowest BCUT2D eigenvalue weighted by Gasteiger charge is -2.31. The smallest absolute Gasteiger partial charge is 0.244 e. The lowest BCUT2D eigenvalue weighted by molar-refractivity contribution is 0.266. The van der Waals surface area contributed by atoms with Crippen molar-refractivity contribution in [1.29, 1.82) is 0 Å². The quantitative estimate of drug-likeness (QED) is 0.834. The monoisotopic (exact) mass is 332 g/mol. The van der Waals surface area contributed by atoms with Gasteiger partial charge in [0.2, 0.25) is 10.0 Å². The molecule has 0 heterocycles. The Labute approximate surface area is 133 Å². The molecule has 0 saturated heterocycles. The third kappa shape index (κ3) is 4.68. The van der Waals surface area contributed by atoms with E-state index in [-0.39, 0.29) is 15.3 Å². The van der Waals surface area contributed by atoms with Crippen molar-refractivity contribution >= 4 is 21.6 Å². The zero-order valence-electron chi connectivity index (χ0n) is 13.2. The molecule has 2 N–H and O–H groups in total. The van der Waals surface area contributed by atoms with E-state index in [4.69, 9.17) is 17.3 Å². The summed E-state index contributed by atoms with van der Waals surface area (Å²) in [6.07, 6.45) is 0.739. The minimum Gasteiger partial charge on any atom is -0.330 e. The summed E-state index contributed by atoms with van der Waals surface area (Å²) in [4.78, 5) is 0.163. The molecule has 1 aromatic rings. The molecule has 21 heavy (non-hydrogen) atoms. The summed E-state index contributed by atoms with van der Waals surface area (Å²) in [5.74, 6) is 0. The zero-order valence-corrected chi connectivity index (χ0v) is 14.8. The number of hydrogen-bond donors (Lipinski definition) is 1. The van der Waals surface area contributed by atoms with Gasteiger partial charge in [-0.05, 0) is 43.0 Å². The summed E-state index contributed by atoms with van der Waals surface area (Å²) in [6, 6.07) is 5.01. The third-order valence-electron chi connectivity index (χ3n) is 3.34. The molecule has 0 fully saturated rings. The molecule has 0 aromatic heterocycles. The number of hydrogen-bond acceptors (Lipinski definition) is 3. The lowest BCUT2D eigenvalue weighted by Crippen LogP contribution is -2.42. The SMILES string of the molecule is CCCN(CC(C)(C)CN)S(=O)(=O)c1ccc(C)cc1Cl. The Balaban J connectivity index is 3.21. The largest absolute Gasteiger partial charge is 0.330 e. The zero-order chi connectivity index (χ0) is 16.3. The van der Waals surface area contributed by atoms with Crippen LogP contribution < -0.4 is 5.73 Å². The molecule has 0 atom stereocenters. The van der Waals surface area contributed by atoms with Crippen molar-refractivity contribution in [3.8, 4) is 0 Å². The fourth-order valence-corrected chi connectivity index (χ4v) is 4.32. The Bertz CT molecular complexity index is 585. The molecule has 0 unspecified atom stereocenters. The van der Waals surface area contributed by atoms with Gasteiger partial charge in [0.15, 0.2) is 0 Å². The van der Waals surface area contributed by atoms with Crippen molar-refractivity contribution in [3.05, 3.63) is 28.8 Å². The van der Waals surface area contributed by atoms with Gasteiger partial charge in [0, 0.05) is 13.1 Å². The normalized spacial score (nSPS) is 12.9. The Kier molecular flexibility index (Phi) is 6.23. The standard InChI is InChI=1S/C15H25ClN2O2S/c1-5-8-18(11-15(3,4)10-17)21(19,20)14-7-6-12(2)9-13(14)16/h6-7,9H,5,8,10-11,17H2,1-4H3. The molecule has 4 nitrogen and oxygen atoms in total. The molecule has 0 aliphatic heterocycles. The Morgan fingerprint density at radius 2 is 1.95 bits per heavy atom. The van der Waals surface area contributed by atoms with Crippen LogP contribution in [0.15, 0.2) is 23.1 Å². The summed E-state index contributed by atoms with van der Waals surface area (Å²) in [5, 5.41) is 0.265. The van der Waals surface area contributed by atoms with Gasteiger partial charge in [-0.1, -0.05) is 38.4 Å². The van der Waals surface area contributed by atoms with Crippen LogP contribution in [0.5, 0.6) is 0 Å². The fourth-order valence-electron chi connectivity index (χ4n) is 2.03. The number of nitrogens with two attached hydrogens (primary N) is 1. The summed E-state index contributed by atoms with van der Waals surface area (Å²) >= 11 is 6.13. The van der Waals surface area contributed by atoms with Gasteiger partial charge in [0.1, 0.15) is 4.90 Å². The molecule has 0 amide bonds. The van der Waals surface area contributed by atoms with Gasteiger partial charge in [-0.2, -0.15) is 4.31 Å². The van der Waals surface area contributed by atoms with Crippen molar-refractivity contribution in [2.75, 3.05) is 19.6 Å². The Hall–Kier alpha value is -0.620. The van der Waals surface area contributed by atoms with E-state index in [2.05, 4.69) is 0 Å². The van der Waals surface area contributed by atoms with Gasteiger partial charge in [-0.25, -0.2) is 8.42 Å². The van der Waals surface area contributed by atoms with E-state index in [1.807, 2.05) is 27.7 Å². The van der Waals surface area contributed by atoms with Gasteiger partial charge in [0.05, 0.1) is 5.02 Å². The van der Waals surface area contributed by atoms with Gasteiger partial charge < -0.3 is 5.73 Å².